The van der Waals surface area contributed by atoms with E-state index in [1.807, 2.05) is 12.1 Å². The molecule has 3 N–H and O–H groups in total. The number of aliphatic hydroxyl groups is 1. The fourth-order valence-corrected chi connectivity index (χ4v) is 2.03. The van der Waals surface area contributed by atoms with Crippen molar-refractivity contribution in [3.05, 3.63) is 59.7 Å². The van der Waals surface area contributed by atoms with Crippen LogP contribution >= 0.6 is 0 Å². The van der Waals surface area contributed by atoms with E-state index in [1.54, 1.807) is 36.4 Å². The van der Waals surface area contributed by atoms with Gasteiger partial charge in [-0.3, -0.25) is 9.59 Å². The standard InChI is InChI=1S/C17H18N2O3/c1-12(21)18-16-4-2-3-14(11-16)17(22)19-15-7-5-13(6-8-15)9-10-20/h2-8,11,20H,9-10H2,1H3,(H,18,21)(H,19,22). The Bertz CT molecular complexity index is 666. The highest BCUT2D eigenvalue weighted by Crippen LogP contribution is 2.14. The van der Waals surface area contributed by atoms with Gasteiger partial charge in [-0.05, 0) is 42.3 Å². The van der Waals surface area contributed by atoms with Crippen molar-refractivity contribution in [2.45, 2.75) is 13.3 Å². The molecule has 0 aliphatic rings. The van der Waals surface area contributed by atoms with Crippen LogP contribution in [0.1, 0.15) is 22.8 Å². The van der Waals surface area contributed by atoms with E-state index in [2.05, 4.69) is 10.6 Å². The van der Waals surface area contributed by atoms with Crippen LogP contribution in [0, 0.1) is 0 Å². The number of nitrogens with one attached hydrogen (secondary N) is 2. The average molecular weight is 298 g/mol. The summed E-state index contributed by atoms with van der Waals surface area (Å²) in [5.74, 6) is -0.431. The molecule has 0 radical (unpaired) electrons. The van der Waals surface area contributed by atoms with Crippen molar-refractivity contribution in [1.29, 1.82) is 0 Å². The van der Waals surface area contributed by atoms with Gasteiger partial charge in [0.05, 0.1) is 0 Å². The van der Waals surface area contributed by atoms with Crippen molar-refractivity contribution in [2.24, 2.45) is 0 Å². The molecule has 2 rings (SSSR count). The monoisotopic (exact) mass is 298 g/mol. The van der Waals surface area contributed by atoms with Crippen LogP contribution in [-0.4, -0.2) is 23.5 Å². The summed E-state index contributed by atoms with van der Waals surface area (Å²) in [5.41, 5.74) is 2.73. The first-order valence-corrected chi connectivity index (χ1v) is 6.97. The van der Waals surface area contributed by atoms with Gasteiger partial charge in [0.15, 0.2) is 0 Å². The van der Waals surface area contributed by atoms with Crippen molar-refractivity contribution >= 4 is 23.2 Å². The van der Waals surface area contributed by atoms with Crippen LogP contribution in [0.3, 0.4) is 0 Å². The number of aliphatic hydroxyl groups excluding tert-OH is 1. The van der Waals surface area contributed by atoms with Crippen molar-refractivity contribution in [3.8, 4) is 0 Å². The molecule has 0 saturated heterocycles. The van der Waals surface area contributed by atoms with Crippen LogP contribution in [0.5, 0.6) is 0 Å². The predicted octanol–water partition coefficient (Wildman–Crippen LogP) is 2.43. The summed E-state index contributed by atoms with van der Waals surface area (Å²) in [4.78, 5) is 23.2. The molecule has 0 unspecified atom stereocenters. The summed E-state index contributed by atoms with van der Waals surface area (Å²) in [6.45, 7) is 1.52. The second-order valence-electron chi connectivity index (χ2n) is 4.89. The van der Waals surface area contributed by atoms with E-state index in [4.69, 9.17) is 5.11 Å². The van der Waals surface area contributed by atoms with Gasteiger partial charge in [0.1, 0.15) is 0 Å². The SMILES string of the molecule is CC(=O)Nc1cccc(C(=O)Nc2ccc(CCO)cc2)c1. The number of carbonyl (C=O) groups is 2. The number of benzene rings is 2. The third-order valence-electron chi connectivity index (χ3n) is 3.06. The summed E-state index contributed by atoms with van der Waals surface area (Å²) in [7, 11) is 0. The van der Waals surface area contributed by atoms with Gasteiger partial charge in [0.25, 0.3) is 5.91 Å². The molecule has 0 spiro atoms. The Morgan fingerprint density at radius 2 is 1.73 bits per heavy atom. The molecule has 5 nitrogen and oxygen atoms in total. The van der Waals surface area contributed by atoms with Gasteiger partial charge in [0, 0.05) is 30.5 Å². The highest BCUT2D eigenvalue weighted by Gasteiger charge is 2.07. The summed E-state index contributed by atoms with van der Waals surface area (Å²) >= 11 is 0. The quantitative estimate of drug-likeness (QED) is 0.793. The van der Waals surface area contributed by atoms with Crippen LogP contribution < -0.4 is 10.6 Å². The molecule has 0 atom stereocenters. The first-order valence-electron chi connectivity index (χ1n) is 6.97. The van der Waals surface area contributed by atoms with Gasteiger partial charge in [-0.2, -0.15) is 0 Å². The van der Waals surface area contributed by atoms with E-state index in [0.29, 0.717) is 23.4 Å². The molecule has 2 aromatic rings. The highest BCUT2D eigenvalue weighted by molar-refractivity contribution is 6.05. The molecule has 2 aromatic carbocycles. The Hall–Kier alpha value is -2.66. The number of hydrogen-bond acceptors (Lipinski definition) is 3. The van der Waals surface area contributed by atoms with Gasteiger partial charge in [0.2, 0.25) is 5.91 Å². The van der Waals surface area contributed by atoms with Crippen molar-refractivity contribution in [2.75, 3.05) is 17.2 Å². The average Bonchev–Trinajstić information content (AvgIpc) is 2.49. The number of carbonyl (C=O) groups excluding carboxylic acids is 2. The number of amides is 2. The van der Waals surface area contributed by atoms with E-state index in [0.717, 1.165) is 5.56 Å². The lowest BCUT2D eigenvalue weighted by Crippen LogP contribution is -2.13. The lowest BCUT2D eigenvalue weighted by Gasteiger charge is -2.08. The maximum atomic E-state index is 12.2. The third kappa shape index (κ3) is 4.43. The molecule has 2 amide bonds. The van der Waals surface area contributed by atoms with Crippen LogP contribution in [0.25, 0.3) is 0 Å². The molecular weight excluding hydrogens is 280 g/mol. The molecule has 0 bridgehead atoms. The van der Waals surface area contributed by atoms with Gasteiger partial charge >= 0.3 is 0 Å². The van der Waals surface area contributed by atoms with E-state index in [1.165, 1.54) is 6.92 Å². The van der Waals surface area contributed by atoms with Gasteiger partial charge in [-0.1, -0.05) is 18.2 Å². The largest absolute Gasteiger partial charge is 0.396 e. The van der Waals surface area contributed by atoms with Crippen LogP contribution in [-0.2, 0) is 11.2 Å². The Morgan fingerprint density at radius 1 is 1.00 bits per heavy atom. The molecule has 22 heavy (non-hydrogen) atoms. The lowest BCUT2D eigenvalue weighted by molar-refractivity contribution is -0.114. The zero-order valence-electron chi connectivity index (χ0n) is 12.3. The van der Waals surface area contributed by atoms with Crippen molar-refractivity contribution in [3.63, 3.8) is 0 Å². The maximum Gasteiger partial charge on any atom is 0.255 e. The topological polar surface area (TPSA) is 78.4 Å². The molecule has 0 fully saturated rings. The maximum absolute atomic E-state index is 12.2. The second kappa shape index (κ2) is 7.38. The lowest BCUT2D eigenvalue weighted by atomic mass is 10.1. The van der Waals surface area contributed by atoms with Crippen LogP contribution in [0.2, 0.25) is 0 Å². The fraction of sp³-hybridized carbons (Fsp3) is 0.176. The van der Waals surface area contributed by atoms with Crippen molar-refractivity contribution < 1.29 is 14.7 Å². The summed E-state index contributed by atoms with van der Waals surface area (Å²) < 4.78 is 0. The molecular formula is C17H18N2O3. The zero-order valence-corrected chi connectivity index (χ0v) is 12.3. The Balaban J connectivity index is 2.06. The van der Waals surface area contributed by atoms with E-state index in [-0.39, 0.29) is 18.4 Å². The smallest absolute Gasteiger partial charge is 0.255 e. The van der Waals surface area contributed by atoms with Crippen LogP contribution in [0.15, 0.2) is 48.5 Å². The summed E-state index contributed by atoms with van der Waals surface area (Å²) in [6, 6.07) is 14.0. The van der Waals surface area contributed by atoms with E-state index in [9.17, 15) is 9.59 Å². The number of rotatable bonds is 5. The number of anilines is 2. The van der Waals surface area contributed by atoms with Gasteiger partial charge in [-0.15, -0.1) is 0 Å². The minimum Gasteiger partial charge on any atom is -0.396 e. The Morgan fingerprint density at radius 3 is 2.36 bits per heavy atom. The van der Waals surface area contributed by atoms with Gasteiger partial charge < -0.3 is 15.7 Å². The van der Waals surface area contributed by atoms with E-state index >= 15 is 0 Å². The minimum atomic E-state index is -0.248. The highest BCUT2D eigenvalue weighted by atomic mass is 16.3. The number of hydrogen-bond donors (Lipinski definition) is 3. The first-order chi connectivity index (χ1) is 10.6. The summed E-state index contributed by atoms with van der Waals surface area (Å²) in [5, 5.41) is 14.3. The summed E-state index contributed by atoms with van der Waals surface area (Å²) in [6.07, 6.45) is 0.590. The Labute approximate surface area is 129 Å². The molecule has 0 aliphatic heterocycles. The molecule has 0 aromatic heterocycles. The molecule has 0 aliphatic carbocycles. The first kappa shape index (κ1) is 15.7. The third-order valence-corrected chi connectivity index (χ3v) is 3.06. The second-order valence-corrected chi connectivity index (χ2v) is 4.89. The van der Waals surface area contributed by atoms with Crippen molar-refractivity contribution in [1.82, 2.24) is 0 Å². The molecule has 0 saturated carbocycles. The van der Waals surface area contributed by atoms with Gasteiger partial charge in [-0.25, -0.2) is 0 Å². The van der Waals surface area contributed by atoms with E-state index < -0.39 is 0 Å². The molecule has 114 valence electrons. The Kier molecular flexibility index (Phi) is 5.27. The minimum absolute atomic E-state index is 0.0989. The van der Waals surface area contributed by atoms with Crippen LogP contribution in [0.4, 0.5) is 11.4 Å². The predicted molar refractivity (Wildman–Crippen MR) is 85.9 cm³/mol. The fourth-order valence-electron chi connectivity index (χ4n) is 2.03. The molecule has 0 heterocycles. The normalized spacial score (nSPS) is 10.1. The molecule has 5 heteroatoms. The zero-order chi connectivity index (χ0) is 15.9.